The molecule has 0 unspecified atom stereocenters. The van der Waals surface area contributed by atoms with Crippen LogP contribution in [0.15, 0.2) is 51.7 Å². The molecule has 0 bridgehead atoms. The van der Waals surface area contributed by atoms with Crippen LogP contribution in [0.4, 0.5) is 11.4 Å². The predicted octanol–water partition coefficient (Wildman–Crippen LogP) is 5.68. The normalized spacial score (nSPS) is 11.0. The summed E-state index contributed by atoms with van der Waals surface area (Å²) in [5.41, 5.74) is 3.64. The van der Waals surface area contributed by atoms with Crippen molar-refractivity contribution in [2.45, 2.75) is 0 Å². The molecule has 2 aromatic rings. The van der Waals surface area contributed by atoms with E-state index >= 15 is 0 Å². The molecule has 0 spiro atoms. The van der Waals surface area contributed by atoms with E-state index in [1.165, 1.54) is 6.07 Å². The van der Waals surface area contributed by atoms with Crippen molar-refractivity contribution in [2.75, 3.05) is 5.43 Å². The molecule has 5 nitrogen and oxygen atoms in total. The van der Waals surface area contributed by atoms with Gasteiger partial charge in [-0.1, -0.05) is 46.4 Å². The van der Waals surface area contributed by atoms with E-state index in [0.29, 0.717) is 31.5 Å². The first kappa shape index (κ1) is 21.8. The molecule has 0 heterocycles. The SMILES string of the molecule is N#CC(/N=N/c1ccc(Cl)c(Cl)c1)=N\Nc1ccc(Cl)c(Cl)c1.[KH]. The number of anilines is 1. The summed E-state index contributed by atoms with van der Waals surface area (Å²) in [6.07, 6.45) is 0. The maximum absolute atomic E-state index is 9.01. The Labute approximate surface area is 201 Å². The number of amidine groups is 1. The van der Waals surface area contributed by atoms with Gasteiger partial charge in [0.05, 0.1) is 31.5 Å². The van der Waals surface area contributed by atoms with Gasteiger partial charge in [-0.3, -0.25) is 5.43 Å². The second-order valence-electron chi connectivity index (χ2n) is 4.09. The second-order valence-corrected chi connectivity index (χ2v) is 5.72. The van der Waals surface area contributed by atoms with Crippen molar-refractivity contribution in [1.82, 2.24) is 0 Å². The minimum atomic E-state index is -0.179. The molecular weight excluding hydrogens is 419 g/mol. The molecule has 24 heavy (non-hydrogen) atoms. The number of hydrogen-bond donors (Lipinski definition) is 1. The number of halogens is 4. The fourth-order valence-electron chi connectivity index (χ4n) is 1.41. The van der Waals surface area contributed by atoms with Gasteiger partial charge in [0.1, 0.15) is 6.07 Å². The molecule has 0 aromatic heterocycles. The van der Waals surface area contributed by atoms with Crippen molar-refractivity contribution >= 4 is 115 Å². The molecule has 2 rings (SSSR count). The number of hydrazone groups is 1. The average Bonchev–Trinajstić information content (AvgIpc) is 2.54. The van der Waals surface area contributed by atoms with E-state index in [0.717, 1.165) is 0 Å². The summed E-state index contributed by atoms with van der Waals surface area (Å²) in [7, 11) is 0. The Morgan fingerprint density at radius 2 is 1.54 bits per heavy atom. The number of rotatable bonds is 3. The van der Waals surface area contributed by atoms with E-state index in [1.54, 1.807) is 36.4 Å². The quantitative estimate of drug-likeness (QED) is 0.225. The van der Waals surface area contributed by atoms with E-state index in [1.807, 2.05) is 0 Å². The van der Waals surface area contributed by atoms with Gasteiger partial charge in [0.15, 0.2) is 0 Å². The molecule has 10 heteroatoms. The fraction of sp³-hybridized carbons (Fsp3) is 0. The van der Waals surface area contributed by atoms with Crippen LogP contribution in [-0.4, -0.2) is 57.2 Å². The molecule has 0 aliphatic heterocycles. The molecule has 0 amide bonds. The van der Waals surface area contributed by atoms with E-state index in [-0.39, 0.29) is 57.2 Å². The molecule has 0 saturated heterocycles. The summed E-state index contributed by atoms with van der Waals surface area (Å²) >= 11 is 23.4. The van der Waals surface area contributed by atoms with Crippen molar-refractivity contribution in [1.29, 1.82) is 5.26 Å². The van der Waals surface area contributed by atoms with Crippen LogP contribution in [0.25, 0.3) is 0 Å². The first-order chi connectivity index (χ1) is 11.0. The Balaban J connectivity index is 0.00000288. The summed E-state index contributed by atoms with van der Waals surface area (Å²) in [5, 5.41) is 22.0. The number of hydrogen-bond acceptors (Lipinski definition) is 4. The zero-order valence-corrected chi connectivity index (χ0v) is 14.3. The maximum atomic E-state index is 9.01. The second kappa shape index (κ2) is 10.7. The molecule has 0 radical (unpaired) electrons. The Bertz CT molecular complexity index is 832. The van der Waals surface area contributed by atoms with Gasteiger partial charge in [-0.25, -0.2) is 0 Å². The molecular formula is C14H8Cl4KN5. The Morgan fingerprint density at radius 3 is 2.12 bits per heavy atom. The molecule has 0 saturated carbocycles. The van der Waals surface area contributed by atoms with Gasteiger partial charge in [0.2, 0.25) is 0 Å². The first-order valence-corrected chi connectivity index (χ1v) is 7.56. The van der Waals surface area contributed by atoms with E-state index < -0.39 is 0 Å². The van der Waals surface area contributed by atoms with Crippen molar-refractivity contribution in [3.05, 3.63) is 56.5 Å². The van der Waals surface area contributed by atoms with E-state index in [9.17, 15) is 0 Å². The average molecular weight is 427 g/mol. The van der Waals surface area contributed by atoms with Crippen LogP contribution in [0.2, 0.25) is 20.1 Å². The monoisotopic (exact) mass is 425 g/mol. The Morgan fingerprint density at radius 1 is 0.917 bits per heavy atom. The van der Waals surface area contributed by atoms with Gasteiger partial charge in [-0.05, 0) is 36.4 Å². The van der Waals surface area contributed by atoms with Crippen LogP contribution >= 0.6 is 46.4 Å². The fourth-order valence-corrected chi connectivity index (χ4v) is 2.00. The van der Waals surface area contributed by atoms with Gasteiger partial charge in [-0.2, -0.15) is 5.26 Å². The summed E-state index contributed by atoms with van der Waals surface area (Å²) in [4.78, 5) is 0. The van der Waals surface area contributed by atoms with Crippen LogP contribution in [0, 0.1) is 11.3 Å². The first-order valence-electron chi connectivity index (χ1n) is 6.05. The third-order valence-electron chi connectivity index (χ3n) is 2.47. The van der Waals surface area contributed by atoms with Crippen molar-refractivity contribution < 1.29 is 0 Å². The summed E-state index contributed by atoms with van der Waals surface area (Å²) in [5.74, 6) is -0.179. The van der Waals surface area contributed by atoms with E-state index in [4.69, 9.17) is 51.7 Å². The third-order valence-corrected chi connectivity index (χ3v) is 3.95. The summed E-state index contributed by atoms with van der Waals surface area (Å²) in [6.45, 7) is 0. The van der Waals surface area contributed by atoms with Gasteiger partial charge in [-0.15, -0.1) is 15.3 Å². The number of azo groups is 1. The van der Waals surface area contributed by atoms with Crippen LogP contribution in [0.3, 0.4) is 0 Å². The van der Waals surface area contributed by atoms with Crippen LogP contribution in [0.1, 0.15) is 0 Å². The summed E-state index contributed by atoms with van der Waals surface area (Å²) in [6, 6.07) is 11.3. The van der Waals surface area contributed by atoms with E-state index in [2.05, 4.69) is 20.8 Å². The third kappa shape index (κ3) is 6.60. The Kier molecular flexibility index (Phi) is 9.75. The van der Waals surface area contributed by atoms with Gasteiger partial charge < -0.3 is 0 Å². The predicted molar refractivity (Wildman–Crippen MR) is 101 cm³/mol. The molecule has 118 valence electrons. The molecule has 0 fully saturated rings. The van der Waals surface area contributed by atoms with Gasteiger partial charge >= 0.3 is 51.4 Å². The zero-order valence-electron chi connectivity index (χ0n) is 11.3. The number of benzene rings is 2. The standard InChI is InChI=1S/C14H7Cl4N5.K.H/c15-10-3-1-8(5-12(10)17)20-22-14(7-19)23-21-9-2-4-11(16)13(18)6-9;;/h1-6,20H;;/b22-14+,23-21+;;. The number of nitrogens with zero attached hydrogens (tertiary/aromatic N) is 4. The Hall–Kier alpha value is -0.204. The van der Waals surface area contributed by atoms with Crippen molar-refractivity contribution in [3.63, 3.8) is 0 Å². The van der Waals surface area contributed by atoms with Crippen LogP contribution in [0.5, 0.6) is 0 Å². The minimum absolute atomic E-state index is 0. The number of nitriles is 1. The van der Waals surface area contributed by atoms with Crippen molar-refractivity contribution in [3.8, 4) is 6.07 Å². The molecule has 0 aliphatic carbocycles. The van der Waals surface area contributed by atoms with Crippen LogP contribution in [-0.2, 0) is 0 Å². The molecule has 1 N–H and O–H groups in total. The molecule has 0 atom stereocenters. The zero-order chi connectivity index (χ0) is 16.8. The molecule has 2 aromatic carbocycles. The molecule has 0 aliphatic rings. The summed E-state index contributed by atoms with van der Waals surface area (Å²) < 4.78 is 0. The topological polar surface area (TPSA) is 72.9 Å². The van der Waals surface area contributed by atoms with Crippen molar-refractivity contribution in [2.24, 2.45) is 15.3 Å². The van der Waals surface area contributed by atoms with Gasteiger partial charge in [0, 0.05) is 0 Å². The van der Waals surface area contributed by atoms with Gasteiger partial charge in [0.25, 0.3) is 5.84 Å². The van der Waals surface area contributed by atoms with Crippen LogP contribution < -0.4 is 5.43 Å². The number of nitrogens with one attached hydrogen (secondary N) is 1.